The van der Waals surface area contributed by atoms with Gasteiger partial charge in [0.2, 0.25) is 10.0 Å². The smallest absolute Gasteiger partial charge is 0.244 e. The molecule has 2 N–H and O–H groups in total. The van der Waals surface area contributed by atoms with Gasteiger partial charge in [0.25, 0.3) is 0 Å². The summed E-state index contributed by atoms with van der Waals surface area (Å²) in [5.41, 5.74) is 6.04. The zero-order chi connectivity index (χ0) is 13.5. The maximum atomic E-state index is 12.5. The van der Waals surface area contributed by atoms with Crippen LogP contribution in [0.2, 0.25) is 5.02 Å². The fourth-order valence-corrected chi connectivity index (χ4v) is 4.28. The van der Waals surface area contributed by atoms with E-state index in [-0.39, 0.29) is 9.92 Å². The molecule has 1 aromatic carbocycles. The molecule has 1 aliphatic rings. The van der Waals surface area contributed by atoms with Crippen LogP contribution in [0.5, 0.6) is 0 Å². The number of nitrogens with zero attached hydrogens (tertiary/aromatic N) is 1. The molecule has 100 valence electrons. The number of sulfonamides is 1. The highest BCUT2D eigenvalue weighted by molar-refractivity contribution is 7.89. The van der Waals surface area contributed by atoms with Crippen LogP contribution >= 0.6 is 11.6 Å². The molecule has 1 aromatic rings. The topological polar surface area (TPSA) is 63.4 Å². The lowest BCUT2D eigenvalue weighted by molar-refractivity contribution is 0.463. The van der Waals surface area contributed by atoms with Gasteiger partial charge < -0.3 is 5.73 Å². The molecule has 18 heavy (non-hydrogen) atoms. The van der Waals surface area contributed by atoms with E-state index in [1.54, 1.807) is 6.07 Å². The molecule has 0 spiro atoms. The van der Waals surface area contributed by atoms with Crippen molar-refractivity contribution in [3.05, 3.63) is 23.2 Å². The highest BCUT2D eigenvalue weighted by atomic mass is 35.5. The van der Waals surface area contributed by atoms with E-state index in [2.05, 4.69) is 13.8 Å². The summed E-state index contributed by atoms with van der Waals surface area (Å²) in [4.78, 5) is 0.102. The minimum absolute atomic E-state index is 0.102. The van der Waals surface area contributed by atoms with Crippen molar-refractivity contribution in [2.45, 2.75) is 18.7 Å². The van der Waals surface area contributed by atoms with Crippen molar-refractivity contribution < 1.29 is 8.42 Å². The summed E-state index contributed by atoms with van der Waals surface area (Å²) in [6, 6.07) is 4.54. The van der Waals surface area contributed by atoms with E-state index in [1.165, 1.54) is 16.4 Å². The predicted molar refractivity (Wildman–Crippen MR) is 73.0 cm³/mol. The summed E-state index contributed by atoms with van der Waals surface area (Å²) in [7, 11) is -3.54. The van der Waals surface area contributed by atoms with Crippen LogP contribution in [0, 0.1) is 11.8 Å². The summed E-state index contributed by atoms with van der Waals surface area (Å²) < 4.78 is 26.5. The quantitative estimate of drug-likeness (QED) is 0.849. The number of nitrogen functional groups attached to an aromatic ring is 1. The lowest BCUT2D eigenvalue weighted by Gasteiger charge is -2.17. The third-order valence-electron chi connectivity index (χ3n) is 3.53. The minimum Gasteiger partial charge on any atom is -0.399 e. The van der Waals surface area contributed by atoms with Gasteiger partial charge in [-0.15, -0.1) is 0 Å². The Labute approximate surface area is 113 Å². The van der Waals surface area contributed by atoms with Gasteiger partial charge in [-0.1, -0.05) is 25.4 Å². The van der Waals surface area contributed by atoms with Gasteiger partial charge in [-0.05, 0) is 30.0 Å². The number of hydrogen-bond acceptors (Lipinski definition) is 3. The summed E-state index contributed by atoms with van der Waals surface area (Å²) in [6.45, 7) is 5.19. The van der Waals surface area contributed by atoms with E-state index in [0.717, 1.165) is 0 Å². The second kappa shape index (κ2) is 4.72. The predicted octanol–water partition coefficient (Wildman–Crippen LogP) is 2.20. The lowest BCUT2D eigenvalue weighted by atomic mass is 10.0. The summed E-state index contributed by atoms with van der Waals surface area (Å²) in [6.07, 6.45) is 0. The Kier molecular flexibility index (Phi) is 3.58. The molecule has 6 heteroatoms. The molecule has 1 fully saturated rings. The average Bonchev–Trinajstić information content (AvgIpc) is 2.63. The highest BCUT2D eigenvalue weighted by Gasteiger charge is 2.35. The van der Waals surface area contributed by atoms with E-state index in [4.69, 9.17) is 17.3 Å². The van der Waals surface area contributed by atoms with Crippen LogP contribution < -0.4 is 5.73 Å². The summed E-state index contributed by atoms with van der Waals surface area (Å²) >= 11 is 5.97. The Bertz CT molecular complexity index is 549. The van der Waals surface area contributed by atoms with Gasteiger partial charge in [0.1, 0.15) is 4.90 Å². The molecular formula is C12H17ClN2O2S. The first kappa shape index (κ1) is 13.6. The fraction of sp³-hybridized carbons (Fsp3) is 0.500. The van der Waals surface area contributed by atoms with Gasteiger partial charge in [0.05, 0.1) is 5.02 Å². The molecule has 4 nitrogen and oxygen atoms in total. The maximum absolute atomic E-state index is 12.5. The number of nitrogens with two attached hydrogens (primary N) is 1. The fourth-order valence-electron chi connectivity index (χ4n) is 2.13. The molecule has 0 radical (unpaired) electrons. The number of anilines is 1. The van der Waals surface area contributed by atoms with Crippen LogP contribution in [0.1, 0.15) is 13.8 Å². The summed E-state index contributed by atoms with van der Waals surface area (Å²) in [5, 5.41) is 0.219. The van der Waals surface area contributed by atoms with Crippen LogP contribution in [0.4, 0.5) is 5.69 Å². The molecular weight excluding hydrogens is 272 g/mol. The van der Waals surface area contributed by atoms with Crippen molar-refractivity contribution >= 4 is 27.3 Å². The normalized spacial score (nSPS) is 25.5. The monoisotopic (exact) mass is 288 g/mol. The molecule has 1 heterocycles. The zero-order valence-corrected chi connectivity index (χ0v) is 12.0. The second-order valence-corrected chi connectivity index (χ2v) is 7.28. The van der Waals surface area contributed by atoms with Crippen LogP contribution in [-0.4, -0.2) is 25.8 Å². The van der Waals surface area contributed by atoms with Gasteiger partial charge in [0.15, 0.2) is 0 Å². The molecule has 1 saturated heterocycles. The first-order valence-electron chi connectivity index (χ1n) is 5.87. The third kappa shape index (κ3) is 2.35. The van der Waals surface area contributed by atoms with Gasteiger partial charge in [-0.25, -0.2) is 8.42 Å². The number of halogens is 1. The molecule has 0 aliphatic carbocycles. The largest absolute Gasteiger partial charge is 0.399 e. The lowest BCUT2D eigenvalue weighted by Crippen LogP contribution is -2.29. The second-order valence-electron chi connectivity index (χ2n) is 4.97. The Morgan fingerprint density at radius 1 is 1.28 bits per heavy atom. The van der Waals surface area contributed by atoms with E-state index in [0.29, 0.717) is 30.6 Å². The minimum atomic E-state index is -3.54. The van der Waals surface area contributed by atoms with Crippen LogP contribution in [0.3, 0.4) is 0 Å². The molecule has 2 atom stereocenters. The Morgan fingerprint density at radius 3 is 2.39 bits per heavy atom. The molecule has 2 unspecified atom stereocenters. The molecule has 2 rings (SSSR count). The Balaban J connectivity index is 2.40. The van der Waals surface area contributed by atoms with Crippen molar-refractivity contribution in [1.82, 2.24) is 4.31 Å². The summed E-state index contributed by atoms with van der Waals surface area (Å²) in [5.74, 6) is 0.721. The first-order chi connectivity index (χ1) is 8.32. The highest BCUT2D eigenvalue weighted by Crippen LogP contribution is 2.32. The average molecular weight is 289 g/mol. The van der Waals surface area contributed by atoms with E-state index < -0.39 is 10.0 Å². The van der Waals surface area contributed by atoms with Gasteiger partial charge in [-0.3, -0.25) is 0 Å². The Hall–Kier alpha value is -0.780. The third-order valence-corrected chi connectivity index (χ3v) is 5.84. The van der Waals surface area contributed by atoms with Crippen molar-refractivity contribution in [1.29, 1.82) is 0 Å². The first-order valence-corrected chi connectivity index (χ1v) is 7.69. The van der Waals surface area contributed by atoms with Crippen LogP contribution in [-0.2, 0) is 10.0 Å². The van der Waals surface area contributed by atoms with Crippen molar-refractivity contribution in [2.75, 3.05) is 18.8 Å². The zero-order valence-electron chi connectivity index (χ0n) is 10.4. The van der Waals surface area contributed by atoms with E-state index in [1.807, 2.05) is 0 Å². The molecule has 1 aliphatic heterocycles. The molecule has 0 amide bonds. The number of hydrogen-bond donors (Lipinski definition) is 1. The molecule has 0 aromatic heterocycles. The van der Waals surface area contributed by atoms with Crippen LogP contribution in [0.25, 0.3) is 0 Å². The molecule has 0 bridgehead atoms. The molecule has 0 saturated carbocycles. The van der Waals surface area contributed by atoms with Crippen molar-refractivity contribution in [3.63, 3.8) is 0 Å². The standard InChI is InChI=1S/C12H17ClN2O2S/c1-8-6-15(7-9(8)2)18(16,17)12-5-10(14)3-4-11(12)13/h3-5,8-9H,6-7,14H2,1-2H3. The maximum Gasteiger partial charge on any atom is 0.244 e. The van der Waals surface area contributed by atoms with Crippen LogP contribution in [0.15, 0.2) is 23.1 Å². The van der Waals surface area contributed by atoms with E-state index >= 15 is 0 Å². The van der Waals surface area contributed by atoms with Crippen molar-refractivity contribution in [3.8, 4) is 0 Å². The number of rotatable bonds is 2. The van der Waals surface area contributed by atoms with Gasteiger partial charge in [-0.2, -0.15) is 4.31 Å². The Morgan fingerprint density at radius 2 is 1.83 bits per heavy atom. The van der Waals surface area contributed by atoms with Gasteiger partial charge in [0, 0.05) is 18.8 Å². The SMILES string of the molecule is CC1CN(S(=O)(=O)c2cc(N)ccc2Cl)CC1C. The van der Waals surface area contributed by atoms with Gasteiger partial charge >= 0.3 is 0 Å². The van der Waals surface area contributed by atoms with E-state index in [9.17, 15) is 8.42 Å². The van der Waals surface area contributed by atoms with Crippen molar-refractivity contribution in [2.24, 2.45) is 11.8 Å². The number of benzene rings is 1.